The lowest BCUT2D eigenvalue weighted by Crippen LogP contribution is -2.59. The number of hydrogen-bond donors (Lipinski definition) is 3. The summed E-state index contributed by atoms with van der Waals surface area (Å²) >= 11 is 1.48. The number of ether oxygens (including phenoxy) is 1. The Labute approximate surface area is 270 Å². The summed E-state index contributed by atoms with van der Waals surface area (Å²) in [7, 11) is 3.91. The van der Waals surface area contributed by atoms with E-state index < -0.39 is 34.7 Å². The Bertz CT molecular complexity index is 1470. The zero-order chi connectivity index (χ0) is 32.6. The second-order valence-electron chi connectivity index (χ2n) is 12.2. The fourth-order valence-electron chi connectivity index (χ4n) is 5.46. The minimum Gasteiger partial charge on any atom is -0.483 e. The van der Waals surface area contributed by atoms with Crippen molar-refractivity contribution in [2.75, 3.05) is 26.6 Å². The van der Waals surface area contributed by atoms with E-state index in [0.717, 1.165) is 22.3 Å². The van der Waals surface area contributed by atoms with Gasteiger partial charge in [-0.2, -0.15) is 0 Å². The number of carbonyl (C=O) groups excluding carboxylic acids is 3. The number of nitrogens with one attached hydrogen (secondary N) is 2. The van der Waals surface area contributed by atoms with E-state index in [1.807, 2.05) is 119 Å². The van der Waals surface area contributed by atoms with Crippen LogP contribution in [0.1, 0.15) is 36.1 Å². The number of hydrogen-bond acceptors (Lipinski definition) is 7. The molecule has 240 valence electrons. The largest absolute Gasteiger partial charge is 0.483 e. The van der Waals surface area contributed by atoms with E-state index in [9.17, 15) is 19.5 Å². The van der Waals surface area contributed by atoms with Gasteiger partial charge < -0.3 is 30.3 Å². The summed E-state index contributed by atoms with van der Waals surface area (Å²) in [6.07, 6.45) is -1.37. The first-order valence-corrected chi connectivity index (χ1v) is 16.1. The molecule has 1 fully saturated rings. The Morgan fingerprint density at radius 3 is 2.33 bits per heavy atom. The summed E-state index contributed by atoms with van der Waals surface area (Å²) < 4.78 is 5.28. The highest BCUT2D eigenvalue weighted by atomic mass is 32.2. The molecule has 1 saturated heterocycles. The third kappa shape index (κ3) is 9.09. The van der Waals surface area contributed by atoms with Crippen LogP contribution < -0.4 is 15.4 Å². The Hall–Kier alpha value is -3.86. The van der Waals surface area contributed by atoms with Gasteiger partial charge in [-0.05, 0) is 64.0 Å². The zero-order valence-electron chi connectivity index (χ0n) is 26.7. The molecule has 0 bridgehead atoms. The van der Waals surface area contributed by atoms with Gasteiger partial charge in [-0.15, -0.1) is 11.8 Å². The molecule has 3 amide bonds. The average Bonchev–Trinajstić information content (AvgIpc) is 3.34. The van der Waals surface area contributed by atoms with Crippen molar-refractivity contribution in [3.8, 4) is 5.75 Å². The van der Waals surface area contributed by atoms with Gasteiger partial charge in [0.05, 0.1) is 11.9 Å². The fraction of sp³-hybridized carbons (Fsp3) is 0.400. The molecule has 10 heteroatoms. The van der Waals surface area contributed by atoms with Crippen LogP contribution in [0.15, 0.2) is 78.9 Å². The van der Waals surface area contributed by atoms with Gasteiger partial charge in [-0.25, -0.2) is 0 Å². The lowest BCUT2D eigenvalue weighted by Gasteiger charge is -2.33. The van der Waals surface area contributed by atoms with Crippen molar-refractivity contribution in [1.29, 1.82) is 0 Å². The van der Waals surface area contributed by atoms with E-state index in [2.05, 4.69) is 10.6 Å². The minimum absolute atomic E-state index is 0.214. The number of aliphatic hydroxyl groups excluding tert-OH is 1. The Balaban J connectivity index is 1.48. The summed E-state index contributed by atoms with van der Waals surface area (Å²) in [6, 6.07) is 22.9. The summed E-state index contributed by atoms with van der Waals surface area (Å²) in [5, 5.41) is 17.3. The SMILES string of the molecule is Cc1ccccc1CNC(=O)[C@H]1N(C(=O)[C@@H](O)[C@H](Cc2ccccc2)NC(=O)COc2ccccc2CN(C)C)CSC1(C)C. The molecule has 0 aromatic heterocycles. The Morgan fingerprint density at radius 2 is 1.64 bits per heavy atom. The van der Waals surface area contributed by atoms with Crippen molar-refractivity contribution < 1.29 is 24.2 Å². The molecule has 45 heavy (non-hydrogen) atoms. The van der Waals surface area contributed by atoms with Gasteiger partial charge in [0.1, 0.15) is 11.8 Å². The highest BCUT2D eigenvalue weighted by Crippen LogP contribution is 2.40. The van der Waals surface area contributed by atoms with E-state index in [1.165, 1.54) is 16.7 Å². The highest BCUT2D eigenvalue weighted by molar-refractivity contribution is 8.00. The summed E-state index contributed by atoms with van der Waals surface area (Å²) in [5.41, 5.74) is 3.83. The van der Waals surface area contributed by atoms with E-state index in [1.54, 1.807) is 0 Å². The molecule has 4 rings (SSSR count). The summed E-state index contributed by atoms with van der Waals surface area (Å²) in [4.78, 5) is 44.1. The summed E-state index contributed by atoms with van der Waals surface area (Å²) in [6.45, 7) is 6.52. The van der Waals surface area contributed by atoms with E-state index in [0.29, 0.717) is 18.8 Å². The minimum atomic E-state index is -1.59. The molecular weight excluding hydrogens is 588 g/mol. The van der Waals surface area contributed by atoms with Crippen molar-refractivity contribution in [1.82, 2.24) is 20.4 Å². The second-order valence-corrected chi connectivity index (χ2v) is 13.8. The maximum atomic E-state index is 13.9. The number of carbonyl (C=O) groups is 3. The van der Waals surface area contributed by atoms with Gasteiger partial charge in [0.2, 0.25) is 5.91 Å². The van der Waals surface area contributed by atoms with Crippen molar-refractivity contribution in [3.63, 3.8) is 0 Å². The maximum Gasteiger partial charge on any atom is 0.258 e. The smallest absolute Gasteiger partial charge is 0.258 e. The number of aliphatic hydroxyl groups is 1. The first-order valence-electron chi connectivity index (χ1n) is 15.1. The monoisotopic (exact) mass is 632 g/mol. The quantitative estimate of drug-likeness (QED) is 0.265. The van der Waals surface area contributed by atoms with Crippen LogP contribution in [0.25, 0.3) is 0 Å². The van der Waals surface area contributed by atoms with Crippen LogP contribution in [-0.2, 0) is 33.9 Å². The number of thioether (sulfide) groups is 1. The van der Waals surface area contributed by atoms with Crippen molar-refractivity contribution in [2.45, 2.75) is 63.2 Å². The molecule has 0 unspecified atom stereocenters. The molecule has 0 saturated carbocycles. The maximum absolute atomic E-state index is 13.9. The first-order chi connectivity index (χ1) is 21.5. The molecule has 1 heterocycles. The number of para-hydroxylation sites is 1. The molecule has 1 aliphatic heterocycles. The van der Waals surface area contributed by atoms with Crippen LogP contribution in [0, 0.1) is 6.92 Å². The van der Waals surface area contributed by atoms with Gasteiger partial charge in [-0.1, -0.05) is 72.8 Å². The van der Waals surface area contributed by atoms with Gasteiger partial charge >= 0.3 is 0 Å². The van der Waals surface area contributed by atoms with Crippen LogP contribution in [0.5, 0.6) is 5.75 Å². The Morgan fingerprint density at radius 1 is 1.00 bits per heavy atom. The van der Waals surface area contributed by atoms with Gasteiger partial charge in [0.15, 0.2) is 12.7 Å². The van der Waals surface area contributed by atoms with Crippen LogP contribution in [0.3, 0.4) is 0 Å². The third-order valence-electron chi connectivity index (χ3n) is 7.89. The van der Waals surface area contributed by atoms with E-state index >= 15 is 0 Å². The van der Waals surface area contributed by atoms with Crippen LogP contribution in [0.2, 0.25) is 0 Å². The number of aryl methyl sites for hydroxylation is 1. The van der Waals surface area contributed by atoms with Crippen molar-refractivity contribution in [3.05, 3.63) is 101 Å². The van der Waals surface area contributed by atoms with Gasteiger partial charge in [-0.3, -0.25) is 14.4 Å². The van der Waals surface area contributed by atoms with Gasteiger partial charge in [0, 0.05) is 23.4 Å². The molecule has 0 radical (unpaired) electrons. The molecular formula is C35H44N4O5S. The van der Waals surface area contributed by atoms with Crippen LogP contribution >= 0.6 is 11.8 Å². The lowest BCUT2D eigenvalue weighted by molar-refractivity contribution is -0.148. The topological polar surface area (TPSA) is 111 Å². The normalized spacial score (nSPS) is 17.0. The van der Waals surface area contributed by atoms with Crippen molar-refractivity contribution >= 4 is 29.5 Å². The number of amides is 3. The first kappa shape index (κ1) is 34.0. The Kier molecular flexibility index (Phi) is 11.7. The predicted molar refractivity (Wildman–Crippen MR) is 178 cm³/mol. The van der Waals surface area contributed by atoms with E-state index in [-0.39, 0.29) is 24.8 Å². The highest BCUT2D eigenvalue weighted by Gasteiger charge is 2.49. The van der Waals surface area contributed by atoms with Crippen LogP contribution in [-0.4, -0.2) is 82.1 Å². The number of benzene rings is 3. The molecule has 0 spiro atoms. The van der Waals surface area contributed by atoms with Gasteiger partial charge in [0.25, 0.3) is 11.8 Å². The van der Waals surface area contributed by atoms with Crippen molar-refractivity contribution in [2.24, 2.45) is 0 Å². The lowest BCUT2D eigenvalue weighted by atomic mass is 9.97. The molecule has 0 aliphatic carbocycles. The standard InChI is InChI=1S/C35H44N4O5S/c1-24-13-9-10-16-26(24)20-36-33(42)32-35(2,3)45-23-39(32)34(43)31(41)28(19-25-14-7-6-8-15-25)37-30(40)22-44-29-18-12-11-17-27(29)21-38(4)5/h6-18,28,31-32,41H,19-23H2,1-5H3,(H,36,42)(H,37,40)/t28-,31-,32+/m0/s1. The van der Waals surface area contributed by atoms with Crippen LogP contribution in [0.4, 0.5) is 0 Å². The summed E-state index contributed by atoms with van der Waals surface area (Å²) in [5.74, 6) is -0.535. The molecule has 3 N–H and O–H groups in total. The van der Waals surface area contributed by atoms with E-state index in [4.69, 9.17) is 4.74 Å². The number of nitrogens with zero attached hydrogens (tertiary/aromatic N) is 2. The third-order valence-corrected chi connectivity index (χ3v) is 9.26. The second kappa shape index (κ2) is 15.4. The average molecular weight is 633 g/mol. The molecule has 3 aromatic rings. The molecule has 1 aliphatic rings. The zero-order valence-corrected chi connectivity index (χ0v) is 27.5. The molecule has 9 nitrogen and oxygen atoms in total. The number of rotatable bonds is 13. The molecule has 3 atom stereocenters. The fourth-order valence-corrected chi connectivity index (χ4v) is 6.60. The predicted octanol–water partition coefficient (Wildman–Crippen LogP) is 3.52. The molecule has 3 aromatic carbocycles.